The van der Waals surface area contributed by atoms with E-state index in [-0.39, 0.29) is 0 Å². The van der Waals surface area contributed by atoms with E-state index < -0.39 is 0 Å². The Balaban J connectivity index is 1.39. The number of methoxy groups -OCH3 is 1. The first-order chi connectivity index (χ1) is 14.2. The molecule has 2 aromatic carbocycles. The molecule has 0 saturated carbocycles. The molecular formula is C22H26N6O. The summed E-state index contributed by atoms with van der Waals surface area (Å²) in [6.45, 7) is 4.33. The fourth-order valence-electron chi connectivity index (χ4n) is 3.28. The second kappa shape index (κ2) is 8.79. The molecule has 0 radical (unpaired) electrons. The highest BCUT2D eigenvalue weighted by Gasteiger charge is 2.14. The van der Waals surface area contributed by atoms with Crippen molar-refractivity contribution in [1.29, 1.82) is 0 Å². The molecule has 29 heavy (non-hydrogen) atoms. The van der Waals surface area contributed by atoms with Crippen LogP contribution in [0.3, 0.4) is 0 Å². The zero-order valence-electron chi connectivity index (χ0n) is 16.8. The summed E-state index contributed by atoms with van der Waals surface area (Å²) in [5, 5.41) is 6.63. The van der Waals surface area contributed by atoms with Gasteiger partial charge in [0.25, 0.3) is 0 Å². The lowest BCUT2D eigenvalue weighted by Gasteiger charge is -2.34. The van der Waals surface area contributed by atoms with Gasteiger partial charge in [0.05, 0.1) is 7.11 Å². The Hall–Kier alpha value is -3.32. The van der Waals surface area contributed by atoms with E-state index in [1.54, 1.807) is 13.4 Å². The Bertz CT molecular complexity index is 921. The van der Waals surface area contributed by atoms with E-state index >= 15 is 0 Å². The standard InChI is InChI=1S/C22H26N6O/c1-27-11-13-28(14-12-27)19-7-3-17(4-8-19)25-21-15-22(24-16-23-21)26-18-5-9-20(29-2)10-6-18/h3-10,15-16H,11-14H2,1-2H3,(H2,23,24,25,26). The fraction of sp³-hybridized carbons (Fsp3) is 0.273. The van der Waals surface area contributed by atoms with Crippen LogP contribution < -0.4 is 20.3 Å². The molecule has 150 valence electrons. The minimum Gasteiger partial charge on any atom is -0.497 e. The van der Waals surface area contributed by atoms with Crippen molar-refractivity contribution in [2.45, 2.75) is 0 Å². The number of likely N-dealkylation sites (N-methyl/N-ethyl adjacent to an activating group) is 1. The predicted octanol–water partition coefficient (Wildman–Crippen LogP) is 3.72. The van der Waals surface area contributed by atoms with Crippen LogP contribution in [0, 0.1) is 0 Å². The first-order valence-corrected chi connectivity index (χ1v) is 9.73. The number of hydrogen-bond acceptors (Lipinski definition) is 7. The van der Waals surface area contributed by atoms with Crippen LogP contribution in [0.15, 0.2) is 60.9 Å². The Morgan fingerprint density at radius 2 is 1.34 bits per heavy atom. The third-order valence-electron chi connectivity index (χ3n) is 5.04. The van der Waals surface area contributed by atoms with E-state index in [4.69, 9.17) is 4.74 Å². The lowest BCUT2D eigenvalue weighted by atomic mass is 10.2. The molecule has 1 aromatic heterocycles. The van der Waals surface area contributed by atoms with E-state index in [1.165, 1.54) is 5.69 Å². The van der Waals surface area contributed by atoms with Gasteiger partial charge in [-0.15, -0.1) is 0 Å². The minimum atomic E-state index is 0.724. The average molecular weight is 390 g/mol. The molecule has 4 rings (SSSR count). The van der Waals surface area contributed by atoms with Gasteiger partial charge in [0.1, 0.15) is 23.7 Å². The first kappa shape index (κ1) is 19.0. The molecule has 2 N–H and O–H groups in total. The van der Waals surface area contributed by atoms with Crippen molar-refractivity contribution in [3.8, 4) is 5.75 Å². The topological polar surface area (TPSA) is 65.6 Å². The molecule has 0 amide bonds. The molecule has 3 aromatic rings. The highest BCUT2D eigenvalue weighted by molar-refractivity contribution is 5.64. The van der Waals surface area contributed by atoms with Crippen molar-refractivity contribution in [2.24, 2.45) is 0 Å². The van der Waals surface area contributed by atoms with E-state index in [1.807, 2.05) is 30.3 Å². The number of benzene rings is 2. The largest absolute Gasteiger partial charge is 0.497 e. The molecule has 1 fully saturated rings. The highest BCUT2D eigenvalue weighted by atomic mass is 16.5. The van der Waals surface area contributed by atoms with E-state index in [0.717, 1.165) is 54.9 Å². The summed E-state index contributed by atoms with van der Waals surface area (Å²) < 4.78 is 5.19. The van der Waals surface area contributed by atoms with Gasteiger partial charge in [0.2, 0.25) is 0 Å². The molecule has 1 saturated heterocycles. The molecule has 2 heterocycles. The number of anilines is 5. The van der Waals surface area contributed by atoms with Crippen molar-refractivity contribution in [2.75, 3.05) is 55.9 Å². The maximum Gasteiger partial charge on any atom is 0.135 e. The molecule has 1 aliphatic rings. The quantitative estimate of drug-likeness (QED) is 0.665. The maximum atomic E-state index is 5.19. The fourth-order valence-corrected chi connectivity index (χ4v) is 3.28. The van der Waals surface area contributed by atoms with Gasteiger partial charge >= 0.3 is 0 Å². The number of piperazine rings is 1. The number of nitrogens with zero attached hydrogens (tertiary/aromatic N) is 4. The Morgan fingerprint density at radius 3 is 1.90 bits per heavy atom. The maximum absolute atomic E-state index is 5.19. The first-order valence-electron chi connectivity index (χ1n) is 9.73. The molecule has 0 atom stereocenters. The molecule has 0 spiro atoms. The van der Waals surface area contributed by atoms with Crippen molar-refractivity contribution in [3.63, 3.8) is 0 Å². The van der Waals surface area contributed by atoms with Gasteiger partial charge in [0, 0.05) is 49.3 Å². The lowest BCUT2D eigenvalue weighted by Crippen LogP contribution is -2.44. The van der Waals surface area contributed by atoms with Gasteiger partial charge in [-0.3, -0.25) is 0 Å². The zero-order valence-corrected chi connectivity index (χ0v) is 16.8. The minimum absolute atomic E-state index is 0.724. The number of aromatic nitrogens is 2. The van der Waals surface area contributed by atoms with Crippen molar-refractivity contribution >= 4 is 28.7 Å². The number of hydrogen-bond donors (Lipinski definition) is 2. The highest BCUT2D eigenvalue weighted by Crippen LogP contribution is 2.23. The molecule has 0 aliphatic carbocycles. The van der Waals surface area contributed by atoms with Gasteiger partial charge in [-0.1, -0.05) is 0 Å². The van der Waals surface area contributed by atoms with Crippen LogP contribution in [-0.4, -0.2) is 55.2 Å². The van der Waals surface area contributed by atoms with Crippen molar-refractivity contribution < 1.29 is 4.74 Å². The number of nitrogens with one attached hydrogen (secondary N) is 2. The molecule has 1 aliphatic heterocycles. The normalized spacial score (nSPS) is 14.5. The lowest BCUT2D eigenvalue weighted by molar-refractivity contribution is 0.313. The second-order valence-electron chi connectivity index (χ2n) is 7.10. The molecule has 7 heteroatoms. The molecule has 0 bridgehead atoms. The Morgan fingerprint density at radius 1 is 0.793 bits per heavy atom. The van der Waals surface area contributed by atoms with Crippen LogP contribution >= 0.6 is 0 Å². The van der Waals surface area contributed by atoms with Crippen LogP contribution in [0.2, 0.25) is 0 Å². The second-order valence-corrected chi connectivity index (χ2v) is 7.10. The average Bonchev–Trinajstić information content (AvgIpc) is 2.76. The van der Waals surface area contributed by atoms with Crippen LogP contribution in [0.1, 0.15) is 0 Å². The Kier molecular flexibility index (Phi) is 5.76. The third-order valence-corrected chi connectivity index (χ3v) is 5.04. The van der Waals surface area contributed by atoms with E-state index in [2.05, 4.69) is 61.7 Å². The summed E-state index contributed by atoms with van der Waals surface area (Å²) >= 11 is 0. The Labute approximate surface area is 171 Å². The van der Waals surface area contributed by atoms with Gasteiger partial charge in [0.15, 0.2) is 0 Å². The van der Waals surface area contributed by atoms with Crippen LogP contribution in [-0.2, 0) is 0 Å². The van der Waals surface area contributed by atoms with E-state index in [0.29, 0.717) is 0 Å². The van der Waals surface area contributed by atoms with Crippen molar-refractivity contribution in [1.82, 2.24) is 14.9 Å². The molecular weight excluding hydrogens is 364 g/mol. The third kappa shape index (κ3) is 4.94. The summed E-state index contributed by atoms with van der Waals surface area (Å²) in [4.78, 5) is 13.4. The SMILES string of the molecule is COc1ccc(Nc2cc(Nc3ccc(N4CCN(C)CC4)cc3)ncn2)cc1. The smallest absolute Gasteiger partial charge is 0.135 e. The zero-order chi connectivity index (χ0) is 20.1. The summed E-state index contributed by atoms with van der Waals surface area (Å²) in [5.41, 5.74) is 3.19. The van der Waals surface area contributed by atoms with Crippen molar-refractivity contribution in [3.05, 3.63) is 60.9 Å². The summed E-state index contributed by atoms with van der Waals surface area (Å²) in [6, 6.07) is 18.1. The van der Waals surface area contributed by atoms with Crippen LogP contribution in [0.4, 0.5) is 28.7 Å². The molecule has 0 unspecified atom stereocenters. The monoisotopic (exact) mass is 390 g/mol. The van der Waals surface area contributed by atoms with Gasteiger partial charge < -0.3 is 25.2 Å². The van der Waals surface area contributed by atoms with Gasteiger partial charge in [-0.25, -0.2) is 9.97 Å². The van der Waals surface area contributed by atoms with Crippen LogP contribution in [0.5, 0.6) is 5.75 Å². The summed E-state index contributed by atoms with van der Waals surface area (Å²) in [5.74, 6) is 2.28. The number of ether oxygens (including phenoxy) is 1. The van der Waals surface area contributed by atoms with Gasteiger partial charge in [-0.2, -0.15) is 0 Å². The van der Waals surface area contributed by atoms with Gasteiger partial charge in [-0.05, 0) is 55.6 Å². The summed E-state index contributed by atoms with van der Waals surface area (Å²) in [7, 11) is 3.83. The number of rotatable bonds is 6. The van der Waals surface area contributed by atoms with Crippen LogP contribution in [0.25, 0.3) is 0 Å². The summed E-state index contributed by atoms with van der Waals surface area (Å²) in [6.07, 6.45) is 1.55. The molecule has 7 nitrogen and oxygen atoms in total. The predicted molar refractivity (Wildman–Crippen MR) is 118 cm³/mol. The van der Waals surface area contributed by atoms with E-state index in [9.17, 15) is 0 Å².